The second-order valence-electron chi connectivity index (χ2n) is 8.08. The Kier molecular flexibility index (Phi) is 5.52. The average Bonchev–Trinajstić information content (AvgIpc) is 3.08. The van der Waals surface area contributed by atoms with Crippen LogP contribution in [0.15, 0.2) is 0 Å². The van der Waals surface area contributed by atoms with Crippen molar-refractivity contribution in [1.82, 2.24) is 15.1 Å². The van der Waals surface area contributed by atoms with Gasteiger partial charge in [0.25, 0.3) is 5.91 Å². The van der Waals surface area contributed by atoms with Crippen molar-refractivity contribution in [2.24, 2.45) is 0 Å². The molecule has 1 aliphatic carbocycles. The second kappa shape index (κ2) is 7.41. The Morgan fingerprint density at radius 2 is 1.96 bits per heavy atom. The third kappa shape index (κ3) is 3.83. The maximum Gasteiger partial charge on any atom is 0.325 e. The summed E-state index contributed by atoms with van der Waals surface area (Å²) in [7, 11) is -3.14. The lowest BCUT2D eigenvalue weighted by molar-refractivity contribution is -0.142. The van der Waals surface area contributed by atoms with Crippen molar-refractivity contribution in [3.63, 3.8) is 0 Å². The van der Waals surface area contributed by atoms with Crippen molar-refractivity contribution >= 4 is 27.7 Å². The number of urea groups is 1. The Morgan fingerprint density at radius 3 is 2.52 bits per heavy atom. The van der Waals surface area contributed by atoms with Crippen LogP contribution < -0.4 is 5.32 Å². The van der Waals surface area contributed by atoms with Gasteiger partial charge in [-0.3, -0.25) is 14.5 Å². The predicted octanol–water partition coefficient (Wildman–Crippen LogP) is 1.06. The zero-order chi connectivity index (χ0) is 19.8. The zero-order valence-electron chi connectivity index (χ0n) is 16.1. The molecule has 1 saturated carbocycles. The fourth-order valence-corrected chi connectivity index (χ4v) is 6.24. The lowest BCUT2D eigenvalue weighted by Gasteiger charge is -2.35. The molecule has 3 rings (SSSR count). The van der Waals surface area contributed by atoms with Crippen LogP contribution in [0.4, 0.5) is 4.79 Å². The number of rotatable bonds is 5. The van der Waals surface area contributed by atoms with Crippen LogP contribution in [0, 0.1) is 0 Å². The van der Waals surface area contributed by atoms with E-state index in [0.717, 1.165) is 24.2 Å². The summed E-state index contributed by atoms with van der Waals surface area (Å²) in [6, 6.07) is -1.06. The summed E-state index contributed by atoms with van der Waals surface area (Å²) >= 11 is 0. The smallest absolute Gasteiger partial charge is 0.325 e. The van der Waals surface area contributed by atoms with Crippen molar-refractivity contribution < 1.29 is 22.8 Å². The summed E-state index contributed by atoms with van der Waals surface area (Å²) in [5, 5.41) is 2.81. The number of nitrogens with one attached hydrogen (secondary N) is 1. The van der Waals surface area contributed by atoms with Gasteiger partial charge >= 0.3 is 6.03 Å². The molecule has 0 aromatic rings. The molecule has 2 atom stereocenters. The molecular formula is C18H29N3O5S. The van der Waals surface area contributed by atoms with Crippen LogP contribution >= 0.6 is 0 Å². The van der Waals surface area contributed by atoms with E-state index in [1.165, 1.54) is 0 Å². The SMILES string of the molecule is CC[C@@H](C)N(C(=O)CN1C(=O)NC2(CCCCC2)C1=O)[C@H]1CCS(=O)(=O)C1. The highest BCUT2D eigenvalue weighted by atomic mass is 32.2. The molecule has 0 radical (unpaired) electrons. The van der Waals surface area contributed by atoms with Gasteiger partial charge in [0.05, 0.1) is 11.5 Å². The first kappa shape index (κ1) is 20.1. The van der Waals surface area contributed by atoms with Crippen LogP contribution in [0.3, 0.4) is 0 Å². The Hall–Kier alpha value is -1.64. The van der Waals surface area contributed by atoms with Crippen molar-refractivity contribution in [2.45, 2.75) is 76.4 Å². The van der Waals surface area contributed by atoms with E-state index < -0.39 is 21.4 Å². The van der Waals surface area contributed by atoms with E-state index in [9.17, 15) is 22.8 Å². The quantitative estimate of drug-likeness (QED) is 0.696. The highest BCUT2D eigenvalue weighted by molar-refractivity contribution is 7.91. The van der Waals surface area contributed by atoms with Crippen LogP contribution in [0.25, 0.3) is 0 Å². The van der Waals surface area contributed by atoms with Gasteiger partial charge in [-0.1, -0.05) is 26.2 Å². The number of imide groups is 1. The molecule has 3 aliphatic rings. The van der Waals surface area contributed by atoms with Gasteiger partial charge in [-0.25, -0.2) is 13.2 Å². The van der Waals surface area contributed by atoms with E-state index >= 15 is 0 Å². The minimum absolute atomic E-state index is 0.0485. The topological polar surface area (TPSA) is 104 Å². The lowest BCUT2D eigenvalue weighted by atomic mass is 9.82. The fourth-order valence-electron chi connectivity index (χ4n) is 4.53. The van der Waals surface area contributed by atoms with Gasteiger partial charge in [-0.05, 0) is 32.6 Å². The second-order valence-corrected chi connectivity index (χ2v) is 10.3. The summed E-state index contributed by atoms with van der Waals surface area (Å²) in [5.41, 5.74) is -0.854. The van der Waals surface area contributed by atoms with Crippen LogP contribution in [-0.4, -0.2) is 71.7 Å². The Bertz CT molecular complexity index is 729. The van der Waals surface area contributed by atoms with Gasteiger partial charge in [0.1, 0.15) is 12.1 Å². The molecule has 152 valence electrons. The van der Waals surface area contributed by atoms with E-state index in [2.05, 4.69) is 5.32 Å². The number of hydrogen-bond acceptors (Lipinski definition) is 5. The molecule has 27 heavy (non-hydrogen) atoms. The standard InChI is InChI=1S/C18H29N3O5S/c1-3-13(2)21(14-7-10-27(25,26)12-14)15(22)11-20-16(23)18(19-17(20)24)8-5-4-6-9-18/h13-14H,3-12H2,1-2H3,(H,19,24)/t13-,14+/m1/s1. The number of nitrogens with zero attached hydrogens (tertiary/aromatic N) is 2. The van der Waals surface area contributed by atoms with Crippen LogP contribution in [0.1, 0.15) is 58.8 Å². The lowest BCUT2D eigenvalue weighted by Crippen LogP contribution is -2.52. The van der Waals surface area contributed by atoms with Crippen molar-refractivity contribution in [2.75, 3.05) is 18.1 Å². The molecule has 1 N–H and O–H groups in total. The molecule has 0 aromatic carbocycles. The largest absolute Gasteiger partial charge is 0.334 e. The van der Waals surface area contributed by atoms with Crippen molar-refractivity contribution in [3.05, 3.63) is 0 Å². The first-order chi connectivity index (χ1) is 12.7. The molecular weight excluding hydrogens is 370 g/mol. The zero-order valence-corrected chi connectivity index (χ0v) is 16.9. The van der Waals surface area contributed by atoms with Crippen LogP contribution in [0.5, 0.6) is 0 Å². The van der Waals surface area contributed by atoms with Crippen LogP contribution in [-0.2, 0) is 19.4 Å². The summed E-state index contributed by atoms with van der Waals surface area (Å²) in [4.78, 5) is 40.9. The normalized spacial score (nSPS) is 27.6. The van der Waals surface area contributed by atoms with E-state index in [1.807, 2.05) is 13.8 Å². The number of carbonyl (C=O) groups is 3. The van der Waals surface area contributed by atoms with Gasteiger partial charge in [0.2, 0.25) is 5.91 Å². The molecule has 0 aromatic heterocycles. The first-order valence-corrected chi connectivity index (χ1v) is 11.7. The summed E-state index contributed by atoms with van der Waals surface area (Å²) in [6.07, 6.45) is 5.10. The molecule has 2 heterocycles. The fraction of sp³-hybridized carbons (Fsp3) is 0.833. The third-order valence-corrected chi connectivity index (χ3v) is 7.95. The maximum atomic E-state index is 13.0. The van der Waals surface area contributed by atoms with E-state index in [0.29, 0.717) is 25.7 Å². The summed E-state index contributed by atoms with van der Waals surface area (Å²) in [6.45, 7) is 3.48. The number of amides is 4. The van der Waals surface area contributed by atoms with Gasteiger partial charge in [0.15, 0.2) is 9.84 Å². The molecule has 2 aliphatic heterocycles. The molecule has 1 spiro atoms. The number of hydrogen-bond donors (Lipinski definition) is 1. The first-order valence-electron chi connectivity index (χ1n) is 9.85. The van der Waals surface area contributed by atoms with Crippen LogP contribution in [0.2, 0.25) is 0 Å². The van der Waals surface area contributed by atoms with Crippen molar-refractivity contribution in [1.29, 1.82) is 0 Å². The molecule has 0 unspecified atom stereocenters. The minimum atomic E-state index is -3.14. The highest BCUT2D eigenvalue weighted by Gasteiger charge is 2.52. The van der Waals surface area contributed by atoms with E-state index in [4.69, 9.17) is 0 Å². The summed E-state index contributed by atoms with van der Waals surface area (Å²) in [5.74, 6) is -0.649. The van der Waals surface area contributed by atoms with E-state index in [1.54, 1.807) is 4.90 Å². The van der Waals surface area contributed by atoms with E-state index in [-0.39, 0.29) is 41.9 Å². The maximum absolute atomic E-state index is 13.0. The molecule has 0 bridgehead atoms. The average molecular weight is 400 g/mol. The third-order valence-electron chi connectivity index (χ3n) is 6.20. The summed E-state index contributed by atoms with van der Waals surface area (Å²) < 4.78 is 23.7. The molecule has 4 amide bonds. The Labute approximate surface area is 160 Å². The Balaban J connectivity index is 1.75. The van der Waals surface area contributed by atoms with Gasteiger partial charge in [-0.15, -0.1) is 0 Å². The van der Waals surface area contributed by atoms with Gasteiger partial charge < -0.3 is 10.2 Å². The predicted molar refractivity (Wildman–Crippen MR) is 99.7 cm³/mol. The van der Waals surface area contributed by atoms with Crippen molar-refractivity contribution in [3.8, 4) is 0 Å². The molecule has 3 fully saturated rings. The molecule has 2 saturated heterocycles. The molecule has 9 heteroatoms. The highest BCUT2D eigenvalue weighted by Crippen LogP contribution is 2.33. The van der Waals surface area contributed by atoms with Gasteiger partial charge in [-0.2, -0.15) is 0 Å². The number of sulfone groups is 1. The Morgan fingerprint density at radius 1 is 1.30 bits per heavy atom. The monoisotopic (exact) mass is 399 g/mol. The molecule has 8 nitrogen and oxygen atoms in total. The minimum Gasteiger partial charge on any atom is -0.334 e. The van der Waals surface area contributed by atoms with Gasteiger partial charge in [0, 0.05) is 12.1 Å². The number of carbonyl (C=O) groups excluding carboxylic acids is 3.